The Hall–Kier alpha value is -1.18. The minimum atomic E-state index is -0.298. The molecule has 2 heterocycles. The predicted octanol–water partition coefficient (Wildman–Crippen LogP) is -0.441. The summed E-state index contributed by atoms with van der Waals surface area (Å²) in [5.41, 5.74) is 5.83. The van der Waals surface area contributed by atoms with Gasteiger partial charge in [0.2, 0.25) is 0 Å². The van der Waals surface area contributed by atoms with Crippen LogP contribution in [0.15, 0.2) is 5.38 Å². The van der Waals surface area contributed by atoms with Crippen LogP contribution in [0.4, 0.5) is 5.13 Å². The summed E-state index contributed by atoms with van der Waals surface area (Å²) in [6.07, 6.45) is -0.298. The molecular weight excluding hydrogens is 230 g/mol. The number of thiazole rings is 1. The fraction of sp³-hybridized carbons (Fsp3) is 0.556. The van der Waals surface area contributed by atoms with Crippen LogP contribution in [0, 0.1) is 0 Å². The average Bonchev–Trinajstić information content (AvgIpc) is 2.75. The van der Waals surface area contributed by atoms with Gasteiger partial charge in [0.15, 0.2) is 5.13 Å². The van der Waals surface area contributed by atoms with E-state index >= 15 is 0 Å². The average molecular weight is 243 g/mol. The van der Waals surface area contributed by atoms with Gasteiger partial charge in [0.05, 0.1) is 19.3 Å². The van der Waals surface area contributed by atoms with Crippen molar-refractivity contribution in [2.45, 2.75) is 6.10 Å². The molecule has 0 saturated carbocycles. The van der Waals surface area contributed by atoms with E-state index in [0.29, 0.717) is 30.5 Å². The number of nitrogens with two attached hydrogens (primary N) is 1. The van der Waals surface area contributed by atoms with E-state index in [1.807, 2.05) is 0 Å². The third-order valence-corrected chi connectivity index (χ3v) is 3.04. The molecular formula is C9H13N3O3S. The Kier molecular flexibility index (Phi) is 3.37. The molecule has 6 nitrogen and oxygen atoms in total. The fourth-order valence-electron chi connectivity index (χ4n) is 1.56. The highest BCUT2D eigenvalue weighted by Gasteiger charge is 2.25. The zero-order valence-corrected chi connectivity index (χ0v) is 9.44. The van der Waals surface area contributed by atoms with Crippen LogP contribution in [0.1, 0.15) is 10.5 Å². The maximum absolute atomic E-state index is 12.0. The largest absolute Gasteiger partial charge is 0.394 e. The van der Waals surface area contributed by atoms with Crippen molar-refractivity contribution in [3.63, 3.8) is 0 Å². The number of aromatic nitrogens is 1. The maximum atomic E-state index is 12.0. The first-order chi connectivity index (χ1) is 7.70. The van der Waals surface area contributed by atoms with Crippen molar-refractivity contribution in [1.29, 1.82) is 0 Å². The molecule has 0 aliphatic carbocycles. The van der Waals surface area contributed by atoms with Crippen molar-refractivity contribution in [1.82, 2.24) is 9.88 Å². The van der Waals surface area contributed by atoms with Crippen molar-refractivity contribution >= 4 is 22.4 Å². The second kappa shape index (κ2) is 4.77. The molecule has 0 radical (unpaired) electrons. The summed E-state index contributed by atoms with van der Waals surface area (Å²) in [7, 11) is 0. The highest BCUT2D eigenvalue weighted by molar-refractivity contribution is 7.13. The first-order valence-electron chi connectivity index (χ1n) is 4.93. The second-order valence-electron chi connectivity index (χ2n) is 3.50. The number of carbonyl (C=O) groups excluding carboxylic acids is 1. The number of rotatable bonds is 2. The molecule has 1 saturated heterocycles. The molecule has 0 aromatic carbocycles. The van der Waals surface area contributed by atoms with Gasteiger partial charge >= 0.3 is 0 Å². The summed E-state index contributed by atoms with van der Waals surface area (Å²) in [5.74, 6) is -0.158. The molecule has 1 fully saturated rings. The zero-order valence-electron chi connectivity index (χ0n) is 8.63. The zero-order chi connectivity index (χ0) is 11.5. The molecule has 1 unspecified atom stereocenters. The topological polar surface area (TPSA) is 88.7 Å². The number of nitrogen functional groups attached to an aromatic ring is 1. The predicted molar refractivity (Wildman–Crippen MR) is 59.3 cm³/mol. The minimum absolute atomic E-state index is 0.0804. The monoisotopic (exact) mass is 243 g/mol. The quantitative estimate of drug-likeness (QED) is 0.735. The molecule has 1 aliphatic rings. The molecule has 1 aromatic rings. The molecule has 1 atom stereocenters. The van der Waals surface area contributed by atoms with Crippen molar-refractivity contribution in [3.05, 3.63) is 11.1 Å². The normalized spacial score (nSPS) is 21.1. The van der Waals surface area contributed by atoms with Gasteiger partial charge in [-0.25, -0.2) is 4.98 Å². The number of hydrogen-bond acceptors (Lipinski definition) is 6. The Morgan fingerprint density at radius 3 is 3.25 bits per heavy atom. The molecule has 0 spiro atoms. The van der Waals surface area contributed by atoms with Crippen LogP contribution in [0.3, 0.4) is 0 Å². The number of hydrogen-bond donors (Lipinski definition) is 2. The lowest BCUT2D eigenvalue weighted by atomic mass is 10.2. The van der Waals surface area contributed by atoms with E-state index < -0.39 is 0 Å². The van der Waals surface area contributed by atoms with Crippen LogP contribution < -0.4 is 5.73 Å². The molecule has 88 valence electrons. The van der Waals surface area contributed by atoms with E-state index in [0.717, 1.165) is 0 Å². The Morgan fingerprint density at radius 1 is 1.81 bits per heavy atom. The molecule has 2 rings (SSSR count). The Bertz CT molecular complexity index is 382. The minimum Gasteiger partial charge on any atom is -0.394 e. The van der Waals surface area contributed by atoms with Gasteiger partial charge in [0, 0.05) is 18.5 Å². The van der Waals surface area contributed by atoms with Crippen LogP contribution in [0.2, 0.25) is 0 Å². The molecule has 7 heteroatoms. The van der Waals surface area contributed by atoms with Crippen LogP contribution >= 0.6 is 11.3 Å². The lowest BCUT2D eigenvalue weighted by Gasteiger charge is -2.31. The fourth-order valence-corrected chi connectivity index (χ4v) is 2.10. The standard InChI is InChI=1S/C9H13N3O3S/c10-9-11-7(5-16-9)8(14)12-1-2-15-6(3-12)4-13/h5-6,13H,1-4H2,(H2,10,11). The van der Waals surface area contributed by atoms with Gasteiger partial charge in [-0.3, -0.25) is 4.79 Å². The Balaban J connectivity index is 2.04. The van der Waals surface area contributed by atoms with Gasteiger partial charge < -0.3 is 20.5 Å². The lowest BCUT2D eigenvalue weighted by Crippen LogP contribution is -2.47. The molecule has 0 bridgehead atoms. The summed E-state index contributed by atoms with van der Waals surface area (Å²) < 4.78 is 5.26. The van der Waals surface area contributed by atoms with Crippen LogP contribution in [0.5, 0.6) is 0 Å². The van der Waals surface area contributed by atoms with E-state index in [4.69, 9.17) is 15.6 Å². The van der Waals surface area contributed by atoms with Crippen molar-refractivity contribution < 1.29 is 14.6 Å². The number of morpholine rings is 1. The third kappa shape index (κ3) is 2.31. The number of anilines is 1. The molecule has 1 aromatic heterocycles. The van der Waals surface area contributed by atoms with Crippen LogP contribution in [0.25, 0.3) is 0 Å². The lowest BCUT2D eigenvalue weighted by molar-refractivity contribution is -0.0448. The van der Waals surface area contributed by atoms with E-state index in [-0.39, 0.29) is 18.6 Å². The smallest absolute Gasteiger partial charge is 0.273 e. The van der Waals surface area contributed by atoms with Gasteiger partial charge in [-0.1, -0.05) is 0 Å². The van der Waals surface area contributed by atoms with E-state index in [2.05, 4.69) is 4.98 Å². The Labute approximate surface area is 96.6 Å². The number of ether oxygens (including phenoxy) is 1. The highest BCUT2D eigenvalue weighted by atomic mass is 32.1. The van der Waals surface area contributed by atoms with Gasteiger partial charge in [0.25, 0.3) is 5.91 Å². The highest BCUT2D eigenvalue weighted by Crippen LogP contribution is 2.15. The summed E-state index contributed by atoms with van der Waals surface area (Å²) in [4.78, 5) is 17.5. The van der Waals surface area contributed by atoms with Crippen LogP contribution in [-0.2, 0) is 4.74 Å². The van der Waals surface area contributed by atoms with Gasteiger partial charge in [-0.05, 0) is 0 Å². The number of nitrogens with zero attached hydrogens (tertiary/aromatic N) is 2. The number of aliphatic hydroxyl groups excluding tert-OH is 1. The number of amides is 1. The van der Waals surface area contributed by atoms with Crippen LogP contribution in [-0.4, -0.2) is 53.3 Å². The van der Waals surface area contributed by atoms with Crippen molar-refractivity contribution in [3.8, 4) is 0 Å². The Morgan fingerprint density at radius 2 is 2.62 bits per heavy atom. The van der Waals surface area contributed by atoms with Crippen molar-refractivity contribution in [2.75, 3.05) is 32.0 Å². The summed E-state index contributed by atoms with van der Waals surface area (Å²) in [6, 6.07) is 0. The molecule has 16 heavy (non-hydrogen) atoms. The van der Waals surface area contributed by atoms with E-state index in [1.165, 1.54) is 11.3 Å². The van der Waals surface area contributed by atoms with E-state index in [1.54, 1.807) is 10.3 Å². The number of carbonyl (C=O) groups is 1. The van der Waals surface area contributed by atoms with Gasteiger partial charge in [0.1, 0.15) is 5.69 Å². The van der Waals surface area contributed by atoms with Gasteiger partial charge in [-0.15, -0.1) is 11.3 Å². The first-order valence-corrected chi connectivity index (χ1v) is 5.81. The SMILES string of the molecule is Nc1nc(C(=O)N2CCOC(CO)C2)cs1. The maximum Gasteiger partial charge on any atom is 0.273 e. The van der Waals surface area contributed by atoms with Gasteiger partial charge in [-0.2, -0.15) is 0 Å². The molecule has 1 aliphatic heterocycles. The van der Waals surface area contributed by atoms with E-state index in [9.17, 15) is 4.79 Å². The molecule has 3 N–H and O–H groups in total. The van der Waals surface area contributed by atoms with Crippen molar-refractivity contribution in [2.24, 2.45) is 0 Å². The molecule has 1 amide bonds. The summed E-state index contributed by atoms with van der Waals surface area (Å²) >= 11 is 1.24. The summed E-state index contributed by atoms with van der Waals surface area (Å²) in [6.45, 7) is 1.28. The first kappa shape index (κ1) is 11.3. The third-order valence-electron chi connectivity index (χ3n) is 2.37. The summed E-state index contributed by atoms with van der Waals surface area (Å²) in [5, 5.41) is 11.0. The number of aliphatic hydroxyl groups is 1. The second-order valence-corrected chi connectivity index (χ2v) is 4.39.